The number of methoxy groups -OCH3 is 1. The highest BCUT2D eigenvalue weighted by Gasteiger charge is 2.37. The molecule has 0 aliphatic carbocycles. The lowest BCUT2D eigenvalue weighted by Crippen LogP contribution is -2.35. The molecular formula is C24H41BrIO6P. The molecule has 1 rings (SSSR count). The summed E-state index contributed by atoms with van der Waals surface area (Å²) in [6.07, 6.45) is 12.2. The third-order valence-electron chi connectivity index (χ3n) is 5.49. The molecule has 33 heavy (non-hydrogen) atoms. The molecule has 2 atom stereocenters. The van der Waals surface area contributed by atoms with Crippen LogP contribution in [0, 0.1) is 3.57 Å². The zero-order valence-corrected chi connectivity index (χ0v) is 24.4. The van der Waals surface area contributed by atoms with Gasteiger partial charge >= 0.3 is 7.60 Å². The van der Waals surface area contributed by atoms with Crippen molar-refractivity contribution in [2.24, 2.45) is 0 Å². The molecule has 0 spiro atoms. The van der Waals surface area contributed by atoms with Crippen LogP contribution in [0.1, 0.15) is 69.8 Å². The Balaban J connectivity index is 2.03. The van der Waals surface area contributed by atoms with Gasteiger partial charge in [0.05, 0.1) is 13.2 Å². The van der Waals surface area contributed by atoms with Gasteiger partial charge in [-0.15, -0.1) is 0 Å². The molecule has 0 amide bonds. The van der Waals surface area contributed by atoms with Gasteiger partial charge in [-0.2, -0.15) is 0 Å². The lowest BCUT2D eigenvalue weighted by Gasteiger charge is -2.26. The standard InChI is InChI=1S/C24H41BrIO6P/c1-30-23(20-31-18-16-25)24(33(27,28)29)32-17-11-9-7-5-3-2-4-6-8-10-13-21-14-12-15-22(26)19-21/h12,14-15,19,23-24H,2-11,13,16-18,20H2,1H3,(H2,27,28,29). The first-order valence-electron chi connectivity index (χ1n) is 12.0. The SMILES string of the molecule is COC(COCCBr)C(OCCCCCCCCCCCCc1cccc(I)c1)P(=O)(O)O. The molecule has 0 radical (unpaired) electrons. The second kappa shape index (κ2) is 19.6. The fourth-order valence-electron chi connectivity index (χ4n) is 3.68. The second-order valence-corrected chi connectivity index (χ2v) is 12.0. The molecule has 0 aromatic heterocycles. The van der Waals surface area contributed by atoms with E-state index in [2.05, 4.69) is 62.8 Å². The van der Waals surface area contributed by atoms with Gasteiger partial charge in [-0.05, 0) is 59.5 Å². The average molecular weight is 663 g/mol. The molecule has 0 heterocycles. The first kappa shape index (κ1) is 31.5. The molecule has 6 nitrogen and oxygen atoms in total. The normalized spacial score (nSPS) is 13.8. The van der Waals surface area contributed by atoms with E-state index in [1.165, 1.54) is 67.6 Å². The summed E-state index contributed by atoms with van der Waals surface area (Å²) >= 11 is 5.62. The van der Waals surface area contributed by atoms with Crippen LogP contribution >= 0.6 is 46.1 Å². The predicted octanol–water partition coefficient (Wildman–Crippen LogP) is 6.68. The summed E-state index contributed by atoms with van der Waals surface area (Å²) in [7, 11) is -3.02. The number of alkyl halides is 1. The maximum atomic E-state index is 11.8. The number of halogens is 2. The fourth-order valence-corrected chi connectivity index (χ4v) is 5.46. The molecule has 1 aromatic rings. The average Bonchev–Trinajstić information content (AvgIpc) is 2.77. The molecule has 0 aliphatic rings. The molecule has 0 aliphatic heterocycles. The molecule has 192 valence electrons. The molecule has 0 fully saturated rings. The Morgan fingerprint density at radius 1 is 0.970 bits per heavy atom. The lowest BCUT2D eigenvalue weighted by atomic mass is 10.0. The van der Waals surface area contributed by atoms with Crippen LogP contribution in [0.4, 0.5) is 0 Å². The van der Waals surface area contributed by atoms with Crippen LogP contribution in [-0.4, -0.2) is 54.0 Å². The Labute approximate surface area is 222 Å². The van der Waals surface area contributed by atoms with Gasteiger partial charge in [-0.25, -0.2) is 0 Å². The van der Waals surface area contributed by atoms with E-state index in [4.69, 9.17) is 14.2 Å². The minimum atomic E-state index is -4.44. The van der Waals surface area contributed by atoms with E-state index in [-0.39, 0.29) is 6.61 Å². The van der Waals surface area contributed by atoms with Crippen LogP contribution in [0.15, 0.2) is 24.3 Å². The van der Waals surface area contributed by atoms with Crippen molar-refractivity contribution < 1.29 is 28.6 Å². The second-order valence-electron chi connectivity index (χ2n) is 8.30. The minimum Gasteiger partial charge on any atom is -0.378 e. The maximum absolute atomic E-state index is 11.8. The molecule has 0 saturated carbocycles. The lowest BCUT2D eigenvalue weighted by molar-refractivity contribution is -0.0641. The van der Waals surface area contributed by atoms with Crippen molar-refractivity contribution in [3.8, 4) is 0 Å². The molecule has 9 heteroatoms. The Morgan fingerprint density at radius 3 is 2.12 bits per heavy atom. The Bertz CT molecular complexity index is 660. The monoisotopic (exact) mass is 662 g/mol. The topological polar surface area (TPSA) is 85.2 Å². The summed E-state index contributed by atoms with van der Waals surface area (Å²) in [4.78, 5) is 19.2. The summed E-state index contributed by atoms with van der Waals surface area (Å²) < 4.78 is 29.2. The quantitative estimate of drug-likeness (QED) is 0.0661. The number of hydrogen-bond acceptors (Lipinski definition) is 4. The van der Waals surface area contributed by atoms with Gasteiger partial charge in [0.2, 0.25) is 0 Å². The third kappa shape index (κ3) is 15.9. The Morgan fingerprint density at radius 2 is 1.58 bits per heavy atom. The van der Waals surface area contributed by atoms with Gasteiger partial charge < -0.3 is 24.0 Å². The minimum absolute atomic E-state index is 0.0868. The van der Waals surface area contributed by atoms with Crippen LogP contribution in [0.5, 0.6) is 0 Å². The van der Waals surface area contributed by atoms with Crippen molar-refractivity contribution in [3.63, 3.8) is 0 Å². The number of ether oxygens (including phenoxy) is 3. The number of benzene rings is 1. The zero-order chi connectivity index (χ0) is 24.4. The molecule has 2 unspecified atom stereocenters. The first-order chi connectivity index (χ1) is 15.9. The number of hydrogen-bond donors (Lipinski definition) is 2. The summed E-state index contributed by atoms with van der Waals surface area (Å²) in [5.74, 6) is -1.29. The van der Waals surface area contributed by atoms with Crippen LogP contribution in [0.2, 0.25) is 0 Å². The van der Waals surface area contributed by atoms with Crippen molar-refractivity contribution in [3.05, 3.63) is 33.4 Å². The summed E-state index contributed by atoms with van der Waals surface area (Å²) in [6, 6.07) is 8.76. The molecule has 1 aromatic carbocycles. The highest BCUT2D eigenvalue weighted by atomic mass is 127. The van der Waals surface area contributed by atoms with Gasteiger partial charge in [0.1, 0.15) is 6.10 Å². The van der Waals surface area contributed by atoms with Crippen molar-refractivity contribution in [2.75, 3.05) is 32.3 Å². The number of aryl methyl sites for hydroxylation is 1. The maximum Gasteiger partial charge on any atom is 0.356 e. The predicted molar refractivity (Wildman–Crippen MR) is 146 cm³/mol. The van der Waals surface area contributed by atoms with Crippen molar-refractivity contribution in [1.82, 2.24) is 0 Å². The van der Waals surface area contributed by atoms with Crippen molar-refractivity contribution >= 4 is 46.1 Å². The van der Waals surface area contributed by atoms with E-state index in [1.54, 1.807) is 0 Å². The van der Waals surface area contributed by atoms with Crippen LogP contribution in [-0.2, 0) is 25.2 Å². The van der Waals surface area contributed by atoms with Crippen molar-refractivity contribution in [2.45, 2.75) is 82.6 Å². The largest absolute Gasteiger partial charge is 0.378 e. The van der Waals surface area contributed by atoms with E-state index < -0.39 is 19.5 Å². The molecule has 0 saturated heterocycles. The van der Waals surface area contributed by atoms with Gasteiger partial charge in [-0.3, -0.25) is 4.57 Å². The van der Waals surface area contributed by atoms with Crippen LogP contribution in [0.3, 0.4) is 0 Å². The summed E-state index contributed by atoms with van der Waals surface area (Å²) in [5, 5.41) is 0.651. The van der Waals surface area contributed by atoms with E-state index in [1.807, 2.05) is 0 Å². The fraction of sp³-hybridized carbons (Fsp3) is 0.750. The number of rotatable bonds is 21. The molecular weight excluding hydrogens is 622 g/mol. The Hall–Kier alpha value is 0.460. The highest BCUT2D eigenvalue weighted by molar-refractivity contribution is 14.1. The smallest absolute Gasteiger partial charge is 0.356 e. The van der Waals surface area contributed by atoms with Gasteiger partial charge in [0.25, 0.3) is 0 Å². The number of unbranched alkanes of at least 4 members (excludes halogenated alkanes) is 9. The highest BCUT2D eigenvalue weighted by Crippen LogP contribution is 2.44. The van der Waals surface area contributed by atoms with Crippen LogP contribution in [0.25, 0.3) is 0 Å². The van der Waals surface area contributed by atoms with Gasteiger partial charge in [-0.1, -0.05) is 79.4 Å². The third-order valence-corrected chi connectivity index (χ3v) is 7.63. The molecule has 0 bridgehead atoms. The first-order valence-corrected chi connectivity index (χ1v) is 15.8. The summed E-state index contributed by atoms with van der Waals surface area (Å²) in [6.45, 7) is 0.846. The molecule has 2 N–H and O–H groups in total. The van der Waals surface area contributed by atoms with E-state index >= 15 is 0 Å². The van der Waals surface area contributed by atoms with E-state index in [0.717, 1.165) is 19.3 Å². The van der Waals surface area contributed by atoms with E-state index in [9.17, 15) is 14.4 Å². The zero-order valence-electron chi connectivity index (χ0n) is 19.8. The Kier molecular flexibility index (Phi) is 18.7. The summed E-state index contributed by atoms with van der Waals surface area (Å²) in [5.41, 5.74) is 1.44. The van der Waals surface area contributed by atoms with Gasteiger partial charge in [0.15, 0.2) is 5.85 Å². The van der Waals surface area contributed by atoms with Crippen LogP contribution < -0.4 is 0 Å². The van der Waals surface area contributed by atoms with Crippen molar-refractivity contribution in [1.29, 1.82) is 0 Å². The van der Waals surface area contributed by atoms with Gasteiger partial charge in [0, 0.05) is 22.6 Å². The van der Waals surface area contributed by atoms with E-state index in [0.29, 0.717) is 18.5 Å².